The average Bonchev–Trinajstić information content (AvgIpc) is 2.30. The van der Waals surface area contributed by atoms with Crippen molar-refractivity contribution < 1.29 is 14.7 Å². The maximum atomic E-state index is 11.6. The van der Waals surface area contributed by atoms with E-state index in [2.05, 4.69) is 10.6 Å². The van der Waals surface area contributed by atoms with Crippen LogP contribution in [-0.4, -0.2) is 29.6 Å². The molecule has 0 saturated carbocycles. The molecule has 1 aromatic carbocycles. The lowest BCUT2D eigenvalue weighted by atomic mass is 10.1. The van der Waals surface area contributed by atoms with Gasteiger partial charge in [0, 0.05) is 5.69 Å². The zero-order chi connectivity index (χ0) is 13.7. The van der Waals surface area contributed by atoms with Gasteiger partial charge in [-0.05, 0) is 38.0 Å². The zero-order valence-corrected chi connectivity index (χ0v) is 10.8. The summed E-state index contributed by atoms with van der Waals surface area (Å²) in [4.78, 5) is 22.2. The van der Waals surface area contributed by atoms with Crippen LogP contribution in [0.1, 0.15) is 18.1 Å². The van der Waals surface area contributed by atoms with Crippen LogP contribution in [-0.2, 0) is 9.59 Å². The van der Waals surface area contributed by atoms with Gasteiger partial charge >= 0.3 is 5.97 Å². The van der Waals surface area contributed by atoms with Crippen molar-refractivity contribution in [2.75, 3.05) is 11.9 Å². The Labute approximate surface area is 106 Å². The number of hydrogen-bond acceptors (Lipinski definition) is 3. The first-order chi connectivity index (χ1) is 8.40. The van der Waals surface area contributed by atoms with Gasteiger partial charge in [0.05, 0.1) is 6.54 Å². The molecule has 0 aromatic heterocycles. The lowest BCUT2D eigenvalue weighted by Crippen LogP contribution is -2.39. The molecule has 0 aliphatic rings. The number of hydrogen-bond donors (Lipinski definition) is 3. The Morgan fingerprint density at radius 2 is 2.00 bits per heavy atom. The van der Waals surface area contributed by atoms with E-state index in [0.717, 1.165) is 16.8 Å². The Balaban J connectivity index is 2.54. The predicted octanol–water partition coefficient (Wildman–Crippen LogP) is 1.30. The molecule has 0 saturated heterocycles. The fourth-order valence-electron chi connectivity index (χ4n) is 1.40. The van der Waals surface area contributed by atoms with Crippen molar-refractivity contribution in [1.29, 1.82) is 0 Å². The van der Waals surface area contributed by atoms with Gasteiger partial charge < -0.3 is 10.4 Å². The smallest absolute Gasteiger partial charge is 0.320 e. The number of aryl methyl sites for hydroxylation is 2. The summed E-state index contributed by atoms with van der Waals surface area (Å²) in [5.41, 5.74) is 2.78. The number of carboxylic acids is 1. The number of amides is 1. The van der Waals surface area contributed by atoms with Crippen LogP contribution in [0.4, 0.5) is 5.69 Å². The standard InChI is InChI=1S/C13H18N2O3/c1-8-4-5-9(2)11(6-8)15-12(16)7-14-10(3)13(17)18/h4-6,10,14H,7H2,1-3H3,(H,15,16)(H,17,18). The fourth-order valence-corrected chi connectivity index (χ4v) is 1.40. The van der Waals surface area contributed by atoms with Gasteiger partial charge in [0.25, 0.3) is 0 Å². The Hall–Kier alpha value is -1.88. The molecule has 1 aromatic rings. The molecule has 0 fully saturated rings. The van der Waals surface area contributed by atoms with Crippen LogP contribution < -0.4 is 10.6 Å². The van der Waals surface area contributed by atoms with E-state index in [1.807, 2.05) is 32.0 Å². The van der Waals surface area contributed by atoms with Crippen LogP contribution in [0.2, 0.25) is 0 Å². The van der Waals surface area contributed by atoms with E-state index in [4.69, 9.17) is 5.11 Å². The van der Waals surface area contributed by atoms with Gasteiger partial charge in [-0.1, -0.05) is 12.1 Å². The number of carboxylic acid groups (broad SMARTS) is 1. The highest BCUT2D eigenvalue weighted by atomic mass is 16.4. The number of benzene rings is 1. The van der Waals surface area contributed by atoms with E-state index < -0.39 is 12.0 Å². The first-order valence-corrected chi connectivity index (χ1v) is 5.73. The van der Waals surface area contributed by atoms with Crippen molar-refractivity contribution in [3.05, 3.63) is 29.3 Å². The highest BCUT2D eigenvalue weighted by Crippen LogP contribution is 2.15. The van der Waals surface area contributed by atoms with Crippen LogP contribution in [0.5, 0.6) is 0 Å². The number of rotatable bonds is 5. The number of aliphatic carboxylic acids is 1. The van der Waals surface area contributed by atoms with Crippen molar-refractivity contribution in [3.8, 4) is 0 Å². The molecule has 0 bridgehead atoms. The van der Waals surface area contributed by atoms with E-state index in [0.29, 0.717) is 0 Å². The largest absolute Gasteiger partial charge is 0.480 e. The lowest BCUT2D eigenvalue weighted by Gasteiger charge is -2.11. The molecule has 1 unspecified atom stereocenters. The molecule has 0 aliphatic carbocycles. The van der Waals surface area contributed by atoms with Crippen LogP contribution in [0.3, 0.4) is 0 Å². The minimum absolute atomic E-state index is 0.0269. The summed E-state index contributed by atoms with van der Waals surface area (Å²) in [6.45, 7) is 5.32. The molecular weight excluding hydrogens is 232 g/mol. The second-order valence-electron chi connectivity index (χ2n) is 4.31. The van der Waals surface area contributed by atoms with Gasteiger partial charge in [0.1, 0.15) is 6.04 Å². The number of anilines is 1. The average molecular weight is 250 g/mol. The molecule has 18 heavy (non-hydrogen) atoms. The first-order valence-electron chi connectivity index (χ1n) is 5.73. The van der Waals surface area contributed by atoms with Gasteiger partial charge in [-0.2, -0.15) is 0 Å². The third-order valence-electron chi connectivity index (χ3n) is 2.61. The Bertz CT molecular complexity index is 458. The van der Waals surface area contributed by atoms with Crippen LogP contribution in [0.25, 0.3) is 0 Å². The summed E-state index contributed by atoms with van der Waals surface area (Å²) in [5, 5.41) is 14.0. The molecule has 5 heteroatoms. The van der Waals surface area contributed by atoms with Crippen molar-refractivity contribution in [2.24, 2.45) is 0 Å². The van der Waals surface area contributed by atoms with Gasteiger partial charge in [0.2, 0.25) is 5.91 Å². The molecule has 0 radical (unpaired) electrons. The monoisotopic (exact) mass is 250 g/mol. The Morgan fingerprint density at radius 3 is 2.61 bits per heavy atom. The van der Waals surface area contributed by atoms with Gasteiger partial charge in [-0.25, -0.2) is 0 Å². The Kier molecular flexibility index (Phi) is 4.85. The summed E-state index contributed by atoms with van der Waals surface area (Å²) in [5.74, 6) is -1.23. The molecule has 0 heterocycles. The molecule has 1 amide bonds. The molecule has 1 atom stereocenters. The highest BCUT2D eigenvalue weighted by molar-refractivity contribution is 5.93. The van der Waals surface area contributed by atoms with E-state index in [9.17, 15) is 9.59 Å². The zero-order valence-electron chi connectivity index (χ0n) is 10.8. The summed E-state index contributed by atoms with van der Waals surface area (Å²) < 4.78 is 0. The summed E-state index contributed by atoms with van der Waals surface area (Å²) >= 11 is 0. The SMILES string of the molecule is Cc1ccc(C)c(NC(=O)CNC(C)C(=O)O)c1. The topological polar surface area (TPSA) is 78.4 Å². The van der Waals surface area contributed by atoms with Gasteiger partial charge in [-0.15, -0.1) is 0 Å². The number of carbonyl (C=O) groups excluding carboxylic acids is 1. The molecule has 3 N–H and O–H groups in total. The van der Waals surface area contributed by atoms with Gasteiger partial charge in [-0.3, -0.25) is 14.9 Å². The first kappa shape index (κ1) is 14.2. The molecule has 5 nitrogen and oxygen atoms in total. The number of carbonyl (C=O) groups is 2. The van der Waals surface area contributed by atoms with Crippen molar-refractivity contribution in [1.82, 2.24) is 5.32 Å². The minimum atomic E-state index is -0.977. The van der Waals surface area contributed by atoms with E-state index in [-0.39, 0.29) is 12.5 Å². The van der Waals surface area contributed by atoms with Crippen LogP contribution in [0.15, 0.2) is 18.2 Å². The van der Waals surface area contributed by atoms with Crippen LogP contribution >= 0.6 is 0 Å². The van der Waals surface area contributed by atoms with E-state index >= 15 is 0 Å². The third-order valence-corrected chi connectivity index (χ3v) is 2.61. The molecule has 98 valence electrons. The van der Waals surface area contributed by atoms with Crippen molar-refractivity contribution >= 4 is 17.6 Å². The lowest BCUT2D eigenvalue weighted by molar-refractivity contribution is -0.139. The minimum Gasteiger partial charge on any atom is -0.480 e. The van der Waals surface area contributed by atoms with Crippen LogP contribution in [0, 0.1) is 13.8 Å². The second kappa shape index (κ2) is 6.16. The maximum absolute atomic E-state index is 11.6. The summed E-state index contributed by atoms with van der Waals surface area (Å²) in [6.07, 6.45) is 0. The maximum Gasteiger partial charge on any atom is 0.320 e. The quantitative estimate of drug-likeness (QED) is 0.736. The van der Waals surface area contributed by atoms with E-state index in [1.54, 1.807) is 0 Å². The van der Waals surface area contributed by atoms with Gasteiger partial charge in [0.15, 0.2) is 0 Å². The normalized spacial score (nSPS) is 11.9. The molecule has 0 aliphatic heterocycles. The number of nitrogens with one attached hydrogen (secondary N) is 2. The summed E-state index contributed by atoms with van der Waals surface area (Å²) in [6, 6.07) is 5.04. The predicted molar refractivity (Wildman–Crippen MR) is 69.6 cm³/mol. The molecule has 0 spiro atoms. The Morgan fingerprint density at radius 1 is 1.33 bits per heavy atom. The van der Waals surface area contributed by atoms with E-state index in [1.165, 1.54) is 6.92 Å². The summed E-state index contributed by atoms with van der Waals surface area (Å²) in [7, 11) is 0. The second-order valence-corrected chi connectivity index (χ2v) is 4.31. The molecular formula is C13H18N2O3. The van der Waals surface area contributed by atoms with Crippen molar-refractivity contribution in [2.45, 2.75) is 26.8 Å². The molecule has 1 rings (SSSR count). The fraction of sp³-hybridized carbons (Fsp3) is 0.385. The third kappa shape index (κ3) is 4.18. The van der Waals surface area contributed by atoms with Crippen molar-refractivity contribution in [3.63, 3.8) is 0 Å². The highest BCUT2D eigenvalue weighted by Gasteiger charge is 2.12.